The highest BCUT2D eigenvalue weighted by Gasteiger charge is 2.71. The topological polar surface area (TPSA) is 72.5 Å². The number of rotatable bonds is 5. The summed E-state index contributed by atoms with van der Waals surface area (Å²) in [6.45, 7) is 18.5. The van der Waals surface area contributed by atoms with Crippen molar-refractivity contribution in [2.75, 3.05) is 0 Å². The molecule has 8 atom stereocenters. The molecule has 0 bridgehead atoms. The lowest BCUT2D eigenvalue weighted by Crippen LogP contribution is -2.66. The van der Waals surface area contributed by atoms with Gasteiger partial charge in [0.25, 0.3) is 0 Å². The summed E-state index contributed by atoms with van der Waals surface area (Å²) >= 11 is 6.45. The van der Waals surface area contributed by atoms with Crippen molar-refractivity contribution >= 4 is 29.3 Å². The fourth-order valence-corrected chi connectivity index (χ4v) is 12.5. The zero-order valence-electron chi connectivity index (χ0n) is 28.8. The van der Waals surface area contributed by atoms with E-state index in [2.05, 4.69) is 53.8 Å². The van der Waals surface area contributed by atoms with E-state index in [1.54, 1.807) is 0 Å². The van der Waals surface area contributed by atoms with Crippen LogP contribution in [-0.4, -0.2) is 23.8 Å². The Labute approximate surface area is 275 Å². The summed E-state index contributed by atoms with van der Waals surface area (Å²) in [6, 6.07) is 7.65. The number of carbonyl (C=O) groups excluding carboxylic acids is 3. The van der Waals surface area contributed by atoms with Crippen LogP contribution < -0.4 is 5.32 Å². The minimum Gasteiger partial charge on any atom is -0.462 e. The van der Waals surface area contributed by atoms with Crippen LogP contribution in [0.2, 0.25) is 5.02 Å². The summed E-state index contributed by atoms with van der Waals surface area (Å²) in [5.41, 5.74) is 2.40. The molecule has 0 saturated heterocycles. The number of Topliss-reactive ketones (excluding diaryl/α,β-unsaturated/α-hetero) is 1. The molecule has 1 amide bonds. The van der Waals surface area contributed by atoms with E-state index >= 15 is 0 Å². The number of esters is 1. The summed E-state index contributed by atoms with van der Waals surface area (Å²) in [5, 5.41) is 3.90. The normalized spacial score (nSPS) is 40.3. The maximum absolute atomic E-state index is 14.4. The highest BCUT2D eigenvalue weighted by molar-refractivity contribution is 6.31. The molecular weight excluding hydrogens is 582 g/mol. The lowest BCUT2D eigenvalue weighted by Gasteiger charge is -2.72. The zero-order valence-corrected chi connectivity index (χ0v) is 29.5. The highest BCUT2D eigenvalue weighted by atomic mass is 35.5. The van der Waals surface area contributed by atoms with E-state index in [0.29, 0.717) is 36.2 Å². The van der Waals surface area contributed by atoms with Gasteiger partial charge in [0, 0.05) is 30.3 Å². The van der Waals surface area contributed by atoms with Gasteiger partial charge in [-0.2, -0.15) is 0 Å². The van der Waals surface area contributed by atoms with Gasteiger partial charge in [0.2, 0.25) is 5.91 Å². The Hall–Kier alpha value is -2.14. The number of fused-ring (bicyclic) bond motifs is 7. The molecule has 0 spiro atoms. The molecule has 45 heavy (non-hydrogen) atoms. The molecular formula is C39H54ClNO4. The van der Waals surface area contributed by atoms with E-state index in [1.165, 1.54) is 12.5 Å². The first-order valence-electron chi connectivity index (χ1n) is 17.5. The van der Waals surface area contributed by atoms with Crippen molar-refractivity contribution in [1.82, 2.24) is 5.32 Å². The number of hydrogen-bond donors (Lipinski definition) is 1. The van der Waals surface area contributed by atoms with Gasteiger partial charge in [0.15, 0.2) is 5.78 Å². The Morgan fingerprint density at radius 2 is 1.64 bits per heavy atom. The Balaban J connectivity index is 1.36. The molecule has 1 aromatic rings. The first-order chi connectivity index (χ1) is 21.0. The number of amides is 1. The smallest absolute Gasteiger partial charge is 0.302 e. The van der Waals surface area contributed by atoms with Crippen LogP contribution in [0.25, 0.3) is 0 Å². The second-order valence-corrected chi connectivity index (χ2v) is 17.4. The Kier molecular flexibility index (Phi) is 7.98. The second kappa shape index (κ2) is 11.0. The van der Waals surface area contributed by atoms with Crippen LogP contribution in [-0.2, 0) is 25.7 Å². The molecule has 4 saturated carbocycles. The minimum atomic E-state index is -0.767. The molecule has 0 heterocycles. The van der Waals surface area contributed by atoms with Crippen molar-refractivity contribution in [3.05, 3.63) is 46.0 Å². The second-order valence-electron chi connectivity index (χ2n) is 17.0. The monoisotopic (exact) mass is 635 g/mol. The molecule has 6 heteroatoms. The summed E-state index contributed by atoms with van der Waals surface area (Å²) in [6.07, 6.45) is 8.30. The SMILES string of the molecule is CC(=O)O[C@H]1CC[C@]2(C)[C@H]3CC[C@@H]4C5=C(C(C)C)C(=O)C[C@]5(C(=O)NCc5ccccc5Cl)CC[C@@]4(C)[C@]3(C)CC[C@H]2C1(C)C. The fraction of sp³-hybridized carbons (Fsp3) is 0.718. The van der Waals surface area contributed by atoms with Crippen molar-refractivity contribution in [3.63, 3.8) is 0 Å². The van der Waals surface area contributed by atoms with Gasteiger partial charge in [0.1, 0.15) is 6.10 Å². The molecule has 5 aliphatic carbocycles. The molecule has 1 aromatic carbocycles. The molecule has 5 nitrogen and oxygen atoms in total. The van der Waals surface area contributed by atoms with Crippen molar-refractivity contribution in [3.8, 4) is 0 Å². The van der Waals surface area contributed by atoms with Crippen LogP contribution in [0, 0.1) is 50.7 Å². The van der Waals surface area contributed by atoms with E-state index in [-0.39, 0.29) is 57.3 Å². The first kappa shape index (κ1) is 32.8. The van der Waals surface area contributed by atoms with Crippen LogP contribution in [0.4, 0.5) is 0 Å². The molecule has 5 aliphatic rings. The van der Waals surface area contributed by atoms with E-state index in [0.717, 1.165) is 56.1 Å². The van der Waals surface area contributed by atoms with Gasteiger partial charge in [-0.1, -0.05) is 78.3 Å². The Morgan fingerprint density at radius 3 is 2.31 bits per heavy atom. The van der Waals surface area contributed by atoms with Gasteiger partial charge >= 0.3 is 5.97 Å². The number of allylic oxidation sites excluding steroid dienone is 1. The highest BCUT2D eigenvalue weighted by Crippen LogP contribution is 2.76. The maximum atomic E-state index is 14.4. The third-order valence-electron chi connectivity index (χ3n) is 14.5. The van der Waals surface area contributed by atoms with Gasteiger partial charge in [-0.05, 0) is 114 Å². The molecule has 0 unspecified atom stereocenters. The predicted octanol–water partition coefficient (Wildman–Crippen LogP) is 8.87. The zero-order chi connectivity index (χ0) is 32.7. The van der Waals surface area contributed by atoms with Crippen LogP contribution in [0.3, 0.4) is 0 Å². The van der Waals surface area contributed by atoms with Crippen LogP contribution in [0.15, 0.2) is 35.4 Å². The number of carbonyl (C=O) groups is 3. The standard InChI is InChI=1S/C39H54ClNO4/c1-23(2)32-28(43)21-39(34(44)41-22-25-11-9-10-12-27(25)40)20-19-37(7)26(33(32)39)13-14-30-36(6)17-16-31(45-24(3)42)35(4,5)29(36)15-18-38(30,37)8/h9-12,23,26,29-31H,13-22H2,1-8H3,(H,41,44)/t26-,29+,30-,31+,36+,37-,38-,39-/m1/s1. The van der Waals surface area contributed by atoms with Crippen molar-refractivity contribution < 1.29 is 19.1 Å². The molecule has 0 aromatic heterocycles. The molecule has 6 rings (SSSR count). The van der Waals surface area contributed by atoms with Crippen molar-refractivity contribution in [1.29, 1.82) is 0 Å². The number of nitrogens with one attached hydrogen (secondary N) is 1. The number of ether oxygens (including phenoxy) is 1. The maximum Gasteiger partial charge on any atom is 0.302 e. The average Bonchev–Trinajstić information content (AvgIpc) is 3.27. The van der Waals surface area contributed by atoms with Crippen LogP contribution >= 0.6 is 11.6 Å². The summed E-state index contributed by atoms with van der Waals surface area (Å²) in [5.74, 6) is 1.33. The van der Waals surface area contributed by atoms with E-state index in [4.69, 9.17) is 16.3 Å². The number of benzene rings is 1. The van der Waals surface area contributed by atoms with Crippen molar-refractivity contribution in [2.24, 2.45) is 50.7 Å². The predicted molar refractivity (Wildman–Crippen MR) is 178 cm³/mol. The molecule has 0 aliphatic heterocycles. The lowest BCUT2D eigenvalue weighted by molar-refractivity contribution is -0.232. The first-order valence-corrected chi connectivity index (χ1v) is 17.9. The third kappa shape index (κ3) is 4.63. The largest absolute Gasteiger partial charge is 0.462 e. The van der Waals surface area contributed by atoms with E-state index in [1.807, 2.05) is 24.3 Å². The van der Waals surface area contributed by atoms with Crippen LogP contribution in [0.5, 0.6) is 0 Å². The fourth-order valence-electron chi connectivity index (χ4n) is 12.3. The van der Waals surface area contributed by atoms with Crippen molar-refractivity contribution in [2.45, 2.75) is 126 Å². The number of ketones is 1. The van der Waals surface area contributed by atoms with Gasteiger partial charge in [-0.25, -0.2) is 0 Å². The Morgan fingerprint density at radius 1 is 0.933 bits per heavy atom. The van der Waals surface area contributed by atoms with Crippen LogP contribution in [0.1, 0.15) is 119 Å². The summed E-state index contributed by atoms with van der Waals surface area (Å²) in [4.78, 5) is 40.3. The lowest BCUT2D eigenvalue weighted by atomic mass is 9.33. The van der Waals surface area contributed by atoms with Gasteiger partial charge in [-0.15, -0.1) is 0 Å². The average molecular weight is 636 g/mol. The quantitative estimate of drug-likeness (QED) is 0.328. The summed E-state index contributed by atoms with van der Waals surface area (Å²) < 4.78 is 5.92. The van der Waals surface area contributed by atoms with Gasteiger partial charge in [-0.3, -0.25) is 14.4 Å². The molecule has 4 fully saturated rings. The molecule has 1 N–H and O–H groups in total. The van der Waals surface area contributed by atoms with E-state index < -0.39 is 5.41 Å². The molecule has 0 radical (unpaired) electrons. The third-order valence-corrected chi connectivity index (χ3v) is 14.9. The number of halogens is 1. The van der Waals surface area contributed by atoms with E-state index in [9.17, 15) is 14.4 Å². The number of hydrogen-bond acceptors (Lipinski definition) is 4. The summed E-state index contributed by atoms with van der Waals surface area (Å²) in [7, 11) is 0. The van der Waals surface area contributed by atoms with Gasteiger partial charge < -0.3 is 10.1 Å². The Bertz CT molecular complexity index is 1450. The molecule has 246 valence electrons. The minimum absolute atomic E-state index is 0.00282. The van der Waals surface area contributed by atoms with Gasteiger partial charge in [0.05, 0.1) is 5.41 Å².